The summed E-state index contributed by atoms with van der Waals surface area (Å²) in [6.07, 6.45) is 2.24. The van der Waals surface area contributed by atoms with Gasteiger partial charge in [0.25, 0.3) is 0 Å². The number of rotatable bonds is 4. The molecule has 1 aliphatic heterocycles. The summed E-state index contributed by atoms with van der Waals surface area (Å²) in [5.74, 6) is 2.93. The summed E-state index contributed by atoms with van der Waals surface area (Å²) in [6.45, 7) is 1.06. The SMILES string of the molecule is CN(C)CCSC1=Cc2ccccc2Oc2ccccc21. The van der Waals surface area contributed by atoms with Crippen molar-refractivity contribution in [3.8, 4) is 11.5 Å². The predicted octanol–water partition coefficient (Wildman–Crippen LogP) is 4.59. The van der Waals surface area contributed by atoms with Crippen molar-refractivity contribution in [3.05, 3.63) is 59.7 Å². The van der Waals surface area contributed by atoms with Crippen molar-refractivity contribution in [2.45, 2.75) is 0 Å². The summed E-state index contributed by atoms with van der Waals surface area (Å²) >= 11 is 1.88. The Labute approximate surface area is 130 Å². The van der Waals surface area contributed by atoms with E-state index in [4.69, 9.17) is 4.74 Å². The van der Waals surface area contributed by atoms with Gasteiger partial charge in [0.1, 0.15) is 11.5 Å². The molecule has 0 N–H and O–H groups in total. The highest BCUT2D eigenvalue weighted by Gasteiger charge is 2.16. The minimum absolute atomic E-state index is 0.924. The van der Waals surface area contributed by atoms with Gasteiger partial charge in [-0.3, -0.25) is 0 Å². The Morgan fingerprint density at radius 1 is 0.952 bits per heavy atom. The van der Waals surface area contributed by atoms with Crippen molar-refractivity contribution in [1.29, 1.82) is 0 Å². The molecule has 0 amide bonds. The highest BCUT2D eigenvalue weighted by molar-refractivity contribution is 8.08. The lowest BCUT2D eigenvalue weighted by molar-refractivity contribution is 0.437. The van der Waals surface area contributed by atoms with Crippen LogP contribution >= 0.6 is 11.8 Å². The Kier molecular flexibility index (Phi) is 4.32. The van der Waals surface area contributed by atoms with E-state index in [0.717, 1.165) is 29.4 Å². The van der Waals surface area contributed by atoms with Crippen LogP contribution in [0.25, 0.3) is 11.0 Å². The molecule has 3 rings (SSSR count). The number of nitrogens with zero attached hydrogens (tertiary/aromatic N) is 1. The molecule has 0 saturated carbocycles. The number of fused-ring (bicyclic) bond motifs is 2. The van der Waals surface area contributed by atoms with E-state index in [-0.39, 0.29) is 0 Å². The first kappa shape index (κ1) is 14.2. The number of para-hydroxylation sites is 2. The second kappa shape index (κ2) is 6.37. The third-order valence-corrected chi connectivity index (χ3v) is 4.41. The molecule has 0 unspecified atom stereocenters. The molecule has 1 heterocycles. The average Bonchev–Trinajstić information content (AvgIpc) is 2.63. The van der Waals surface area contributed by atoms with Crippen molar-refractivity contribution in [1.82, 2.24) is 4.90 Å². The second-order valence-electron chi connectivity index (χ2n) is 5.30. The highest BCUT2D eigenvalue weighted by atomic mass is 32.2. The Bertz CT molecular complexity index is 664. The molecule has 0 aromatic heterocycles. The summed E-state index contributed by atoms with van der Waals surface area (Å²) in [6, 6.07) is 16.5. The number of thioether (sulfide) groups is 1. The van der Waals surface area contributed by atoms with Crippen LogP contribution < -0.4 is 4.74 Å². The smallest absolute Gasteiger partial charge is 0.135 e. The normalized spacial score (nSPS) is 13.0. The van der Waals surface area contributed by atoms with Gasteiger partial charge in [0.15, 0.2) is 0 Å². The van der Waals surface area contributed by atoms with Crippen LogP contribution in [0.5, 0.6) is 11.5 Å². The van der Waals surface area contributed by atoms with Crippen LogP contribution in [0.2, 0.25) is 0 Å². The topological polar surface area (TPSA) is 12.5 Å². The van der Waals surface area contributed by atoms with Crippen molar-refractivity contribution in [2.24, 2.45) is 0 Å². The van der Waals surface area contributed by atoms with Gasteiger partial charge in [-0.1, -0.05) is 36.4 Å². The molecular weight excluding hydrogens is 278 g/mol. The molecule has 0 bridgehead atoms. The summed E-state index contributed by atoms with van der Waals surface area (Å²) in [5.41, 5.74) is 2.32. The van der Waals surface area contributed by atoms with Crippen molar-refractivity contribution in [3.63, 3.8) is 0 Å². The third-order valence-electron chi connectivity index (χ3n) is 3.37. The van der Waals surface area contributed by atoms with E-state index >= 15 is 0 Å². The van der Waals surface area contributed by atoms with Gasteiger partial charge in [0.2, 0.25) is 0 Å². The summed E-state index contributed by atoms with van der Waals surface area (Å²) < 4.78 is 6.08. The summed E-state index contributed by atoms with van der Waals surface area (Å²) in [7, 11) is 4.21. The number of benzene rings is 2. The fourth-order valence-corrected chi connectivity index (χ4v) is 3.46. The van der Waals surface area contributed by atoms with Crippen LogP contribution in [0.15, 0.2) is 48.5 Å². The van der Waals surface area contributed by atoms with Gasteiger partial charge in [0, 0.05) is 28.3 Å². The zero-order chi connectivity index (χ0) is 14.7. The molecule has 0 fully saturated rings. The van der Waals surface area contributed by atoms with Crippen LogP contribution in [0.1, 0.15) is 11.1 Å². The van der Waals surface area contributed by atoms with Crippen LogP contribution in [-0.4, -0.2) is 31.3 Å². The Hall–Kier alpha value is -1.71. The van der Waals surface area contributed by atoms with Gasteiger partial charge in [-0.05, 0) is 32.3 Å². The van der Waals surface area contributed by atoms with E-state index in [1.54, 1.807) is 0 Å². The maximum atomic E-state index is 6.08. The van der Waals surface area contributed by atoms with E-state index < -0.39 is 0 Å². The molecule has 108 valence electrons. The van der Waals surface area contributed by atoms with Crippen molar-refractivity contribution < 1.29 is 4.74 Å². The van der Waals surface area contributed by atoms with E-state index in [1.807, 2.05) is 36.0 Å². The number of ether oxygens (including phenoxy) is 1. The maximum Gasteiger partial charge on any atom is 0.135 e. The largest absolute Gasteiger partial charge is 0.456 e. The molecule has 3 heteroatoms. The maximum absolute atomic E-state index is 6.08. The molecule has 0 atom stereocenters. The van der Waals surface area contributed by atoms with Gasteiger partial charge in [-0.15, -0.1) is 11.8 Å². The van der Waals surface area contributed by atoms with Gasteiger partial charge >= 0.3 is 0 Å². The van der Waals surface area contributed by atoms with Crippen LogP contribution in [0.4, 0.5) is 0 Å². The Morgan fingerprint density at radius 3 is 2.48 bits per heavy atom. The lowest BCUT2D eigenvalue weighted by Gasteiger charge is -2.12. The molecule has 2 aromatic carbocycles. The van der Waals surface area contributed by atoms with Crippen LogP contribution in [0, 0.1) is 0 Å². The summed E-state index contributed by atoms with van der Waals surface area (Å²) in [5, 5.41) is 0. The monoisotopic (exact) mass is 297 g/mol. The molecule has 2 aromatic rings. The highest BCUT2D eigenvalue weighted by Crippen LogP contribution is 2.42. The van der Waals surface area contributed by atoms with E-state index in [9.17, 15) is 0 Å². The Balaban J connectivity index is 1.96. The molecule has 1 aliphatic rings. The van der Waals surface area contributed by atoms with E-state index in [2.05, 4.69) is 49.3 Å². The average molecular weight is 297 g/mol. The van der Waals surface area contributed by atoms with Crippen molar-refractivity contribution in [2.75, 3.05) is 26.4 Å². The van der Waals surface area contributed by atoms with Gasteiger partial charge in [0.05, 0.1) is 0 Å². The van der Waals surface area contributed by atoms with Crippen LogP contribution in [-0.2, 0) is 0 Å². The van der Waals surface area contributed by atoms with Crippen molar-refractivity contribution >= 4 is 22.7 Å². The molecular formula is C18H19NOS. The van der Waals surface area contributed by atoms with Gasteiger partial charge in [-0.25, -0.2) is 0 Å². The fraction of sp³-hybridized carbons (Fsp3) is 0.222. The lowest BCUT2D eigenvalue weighted by atomic mass is 10.1. The van der Waals surface area contributed by atoms with Gasteiger partial charge in [-0.2, -0.15) is 0 Å². The molecule has 0 spiro atoms. The zero-order valence-corrected chi connectivity index (χ0v) is 13.2. The quantitative estimate of drug-likeness (QED) is 0.819. The van der Waals surface area contributed by atoms with Crippen LogP contribution in [0.3, 0.4) is 0 Å². The zero-order valence-electron chi connectivity index (χ0n) is 12.4. The first-order chi connectivity index (χ1) is 10.2. The van der Waals surface area contributed by atoms with Gasteiger partial charge < -0.3 is 9.64 Å². The minimum Gasteiger partial charge on any atom is -0.456 e. The number of hydrogen-bond acceptors (Lipinski definition) is 3. The minimum atomic E-state index is 0.924. The molecule has 0 saturated heterocycles. The fourth-order valence-electron chi connectivity index (χ4n) is 2.25. The third kappa shape index (κ3) is 3.31. The number of hydrogen-bond donors (Lipinski definition) is 0. The molecule has 0 aliphatic carbocycles. The summed E-state index contributed by atoms with van der Waals surface area (Å²) in [4.78, 5) is 3.48. The standard InChI is InChI=1S/C18H19NOS/c1-19(2)11-12-21-18-13-14-7-3-5-9-16(14)20-17-10-6-4-8-15(17)18/h3-10,13H,11-12H2,1-2H3. The molecule has 0 radical (unpaired) electrons. The first-order valence-electron chi connectivity index (χ1n) is 7.09. The predicted molar refractivity (Wildman–Crippen MR) is 91.8 cm³/mol. The van der Waals surface area contributed by atoms with E-state index in [0.29, 0.717) is 0 Å². The van der Waals surface area contributed by atoms with E-state index in [1.165, 1.54) is 10.5 Å². The molecule has 21 heavy (non-hydrogen) atoms. The lowest BCUT2D eigenvalue weighted by Crippen LogP contribution is -2.14. The Morgan fingerprint density at radius 2 is 1.67 bits per heavy atom. The molecule has 2 nitrogen and oxygen atoms in total. The first-order valence-corrected chi connectivity index (χ1v) is 8.08. The second-order valence-corrected chi connectivity index (χ2v) is 6.43.